The third-order valence-electron chi connectivity index (χ3n) is 3.51. The second-order valence-electron chi connectivity index (χ2n) is 5.04. The molecule has 0 fully saturated rings. The number of anilines is 2. The third kappa shape index (κ3) is 3.45. The van der Waals surface area contributed by atoms with Crippen LogP contribution in [0.4, 0.5) is 11.4 Å². The van der Waals surface area contributed by atoms with E-state index in [1.165, 1.54) is 0 Å². The number of amides is 1. The monoisotopic (exact) mass is 330 g/mol. The van der Waals surface area contributed by atoms with E-state index < -0.39 is 0 Å². The molecule has 1 aliphatic rings. The Morgan fingerprint density at radius 2 is 1.92 bits per heavy atom. The molecule has 7 nitrogen and oxygen atoms in total. The lowest BCUT2D eigenvalue weighted by molar-refractivity contribution is -0.114. The van der Waals surface area contributed by atoms with Crippen LogP contribution in [-0.4, -0.2) is 33.5 Å². The number of carbonyl (C=O) groups excluding carboxylic acids is 1. The lowest BCUT2D eigenvalue weighted by Crippen LogP contribution is -2.22. The summed E-state index contributed by atoms with van der Waals surface area (Å²) < 4.78 is 21.0. The summed E-state index contributed by atoms with van der Waals surface area (Å²) in [6, 6.07) is 10.6. The minimum absolute atomic E-state index is 0.0972. The van der Waals surface area contributed by atoms with Crippen molar-refractivity contribution in [3.8, 4) is 23.0 Å². The number of carbonyl (C=O) groups is 1. The molecule has 0 radical (unpaired) electrons. The van der Waals surface area contributed by atoms with Gasteiger partial charge < -0.3 is 29.6 Å². The number of rotatable bonds is 6. The quantitative estimate of drug-likeness (QED) is 0.847. The molecule has 126 valence electrons. The number of methoxy groups -OCH3 is 2. The molecule has 2 N–H and O–H groups in total. The van der Waals surface area contributed by atoms with Gasteiger partial charge in [-0.1, -0.05) is 0 Å². The molecule has 2 aromatic carbocycles. The van der Waals surface area contributed by atoms with Crippen LogP contribution in [0.5, 0.6) is 23.0 Å². The zero-order valence-corrected chi connectivity index (χ0v) is 13.4. The van der Waals surface area contributed by atoms with Crippen LogP contribution < -0.4 is 29.6 Å². The maximum atomic E-state index is 12.2. The zero-order valence-electron chi connectivity index (χ0n) is 13.4. The molecule has 3 rings (SSSR count). The maximum Gasteiger partial charge on any atom is 0.243 e. The molecule has 24 heavy (non-hydrogen) atoms. The smallest absolute Gasteiger partial charge is 0.243 e. The summed E-state index contributed by atoms with van der Waals surface area (Å²) in [5, 5.41) is 5.84. The highest BCUT2D eigenvalue weighted by atomic mass is 16.7. The van der Waals surface area contributed by atoms with Gasteiger partial charge in [-0.25, -0.2) is 0 Å². The largest absolute Gasteiger partial charge is 0.497 e. The molecule has 1 amide bonds. The van der Waals surface area contributed by atoms with Gasteiger partial charge in [-0.3, -0.25) is 4.79 Å². The molecule has 1 heterocycles. The van der Waals surface area contributed by atoms with Crippen molar-refractivity contribution in [2.45, 2.75) is 0 Å². The minimum atomic E-state index is -0.209. The van der Waals surface area contributed by atoms with Gasteiger partial charge in [-0.05, 0) is 24.3 Å². The molecule has 0 saturated heterocycles. The molecule has 0 aromatic heterocycles. The molecule has 0 saturated carbocycles. The van der Waals surface area contributed by atoms with Crippen molar-refractivity contribution in [3.05, 3.63) is 36.4 Å². The standard InChI is InChI=1S/C17H18N2O5/c1-21-12-4-6-14(22-2)13(8-12)19-17(20)9-18-11-3-5-15-16(7-11)24-10-23-15/h3-8,18H,9-10H2,1-2H3,(H,19,20). The summed E-state index contributed by atoms with van der Waals surface area (Å²) in [7, 11) is 3.11. The molecule has 2 aromatic rings. The van der Waals surface area contributed by atoms with Crippen molar-refractivity contribution in [2.24, 2.45) is 0 Å². The van der Waals surface area contributed by atoms with Crippen LogP contribution in [-0.2, 0) is 4.79 Å². The van der Waals surface area contributed by atoms with Gasteiger partial charge in [0.05, 0.1) is 26.5 Å². The molecular formula is C17H18N2O5. The van der Waals surface area contributed by atoms with Gasteiger partial charge in [0.25, 0.3) is 0 Å². The molecule has 0 atom stereocenters. The van der Waals surface area contributed by atoms with Gasteiger partial charge in [0.2, 0.25) is 12.7 Å². The van der Waals surface area contributed by atoms with Crippen LogP contribution in [0, 0.1) is 0 Å². The number of hydrogen-bond acceptors (Lipinski definition) is 6. The van der Waals surface area contributed by atoms with Crippen LogP contribution in [0.15, 0.2) is 36.4 Å². The van der Waals surface area contributed by atoms with Gasteiger partial charge in [0.1, 0.15) is 11.5 Å². The number of hydrogen-bond donors (Lipinski definition) is 2. The summed E-state index contributed by atoms with van der Waals surface area (Å²) in [6.07, 6.45) is 0. The second kappa shape index (κ2) is 6.99. The minimum Gasteiger partial charge on any atom is -0.497 e. The van der Waals surface area contributed by atoms with Crippen LogP contribution in [0.1, 0.15) is 0 Å². The van der Waals surface area contributed by atoms with Gasteiger partial charge in [0, 0.05) is 17.8 Å². The number of nitrogens with one attached hydrogen (secondary N) is 2. The number of benzene rings is 2. The number of fused-ring (bicyclic) bond motifs is 1. The van der Waals surface area contributed by atoms with Crippen LogP contribution in [0.2, 0.25) is 0 Å². The predicted molar refractivity (Wildman–Crippen MR) is 89.2 cm³/mol. The lowest BCUT2D eigenvalue weighted by Gasteiger charge is -2.12. The van der Waals surface area contributed by atoms with Crippen molar-refractivity contribution in [2.75, 3.05) is 38.2 Å². The lowest BCUT2D eigenvalue weighted by atomic mass is 10.2. The van der Waals surface area contributed by atoms with Gasteiger partial charge >= 0.3 is 0 Å². The van der Waals surface area contributed by atoms with Crippen molar-refractivity contribution in [1.82, 2.24) is 0 Å². The predicted octanol–water partition coefficient (Wildman–Crippen LogP) is 2.48. The summed E-state index contributed by atoms with van der Waals surface area (Å²) >= 11 is 0. The Labute approximate surface area is 139 Å². The number of ether oxygens (including phenoxy) is 4. The van der Waals surface area contributed by atoms with E-state index in [2.05, 4.69) is 10.6 Å². The topological polar surface area (TPSA) is 78.1 Å². The first-order valence-electron chi connectivity index (χ1n) is 7.35. The summed E-state index contributed by atoms with van der Waals surface area (Å²) in [5.41, 5.74) is 1.32. The first kappa shape index (κ1) is 15.8. The zero-order chi connectivity index (χ0) is 16.9. The van der Waals surface area contributed by atoms with E-state index in [0.717, 1.165) is 5.69 Å². The average Bonchev–Trinajstić information content (AvgIpc) is 3.07. The third-order valence-corrected chi connectivity index (χ3v) is 3.51. The molecule has 1 aliphatic heterocycles. The average molecular weight is 330 g/mol. The summed E-state index contributed by atoms with van der Waals surface area (Å²) in [4.78, 5) is 12.2. The Morgan fingerprint density at radius 3 is 2.71 bits per heavy atom. The fourth-order valence-corrected chi connectivity index (χ4v) is 2.29. The van der Waals surface area contributed by atoms with E-state index in [1.807, 2.05) is 6.07 Å². The summed E-state index contributed by atoms with van der Waals surface area (Å²) in [5.74, 6) is 2.35. The van der Waals surface area contributed by atoms with Crippen molar-refractivity contribution in [3.63, 3.8) is 0 Å². The van der Waals surface area contributed by atoms with Crippen LogP contribution in [0.25, 0.3) is 0 Å². The van der Waals surface area contributed by atoms with Crippen LogP contribution in [0.3, 0.4) is 0 Å². The van der Waals surface area contributed by atoms with Gasteiger partial charge in [-0.2, -0.15) is 0 Å². The van der Waals surface area contributed by atoms with E-state index in [0.29, 0.717) is 28.7 Å². The highest BCUT2D eigenvalue weighted by Gasteiger charge is 2.14. The highest BCUT2D eigenvalue weighted by Crippen LogP contribution is 2.34. The SMILES string of the molecule is COc1ccc(OC)c(NC(=O)CNc2ccc3c(c2)OCO3)c1. The van der Waals surface area contributed by atoms with Gasteiger partial charge in [0.15, 0.2) is 11.5 Å². The Bertz CT molecular complexity index is 748. The van der Waals surface area contributed by atoms with Gasteiger partial charge in [-0.15, -0.1) is 0 Å². The van der Waals surface area contributed by atoms with Crippen LogP contribution >= 0.6 is 0 Å². The Balaban J connectivity index is 1.61. The van der Waals surface area contributed by atoms with E-state index in [9.17, 15) is 4.79 Å². The summed E-state index contributed by atoms with van der Waals surface area (Å²) in [6.45, 7) is 0.314. The molecular weight excluding hydrogens is 312 g/mol. The van der Waals surface area contributed by atoms with E-state index in [4.69, 9.17) is 18.9 Å². The van der Waals surface area contributed by atoms with Crippen molar-refractivity contribution < 1.29 is 23.7 Å². The van der Waals surface area contributed by atoms with E-state index in [-0.39, 0.29) is 19.2 Å². The Morgan fingerprint density at radius 1 is 1.08 bits per heavy atom. The molecule has 0 spiro atoms. The highest BCUT2D eigenvalue weighted by molar-refractivity contribution is 5.95. The van der Waals surface area contributed by atoms with Crippen molar-refractivity contribution in [1.29, 1.82) is 0 Å². The molecule has 0 unspecified atom stereocenters. The normalized spacial score (nSPS) is 11.8. The first-order chi connectivity index (χ1) is 11.7. The van der Waals surface area contributed by atoms with E-state index in [1.54, 1.807) is 44.6 Å². The first-order valence-corrected chi connectivity index (χ1v) is 7.35. The maximum absolute atomic E-state index is 12.2. The Hall–Kier alpha value is -3.09. The molecule has 0 aliphatic carbocycles. The molecule has 0 bridgehead atoms. The second-order valence-corrected chi connectivity index (χ2v) is 5.04. The molecule has 7 heteroatoms. The van der Waals surface area contributed by atoms with E-state index >= 15 is 0 Å². The van der Waals surface area contributed by atoms with Crippen molar-refractivity contribution >= 4 is 17.3 Å². The fraction of sp³-hybridized carbons (Fsp3) is 0.235. The Kier molecular flexibility index (Phi) is 4.60. The fourth-order valence-electron chi connectivity index (χ4n) is 2.29.